The van der Waals surface area contributed by atoms with E-state index in [4.69, 9.17) is 21.4 Å². The molecule has 2 aromatic carbocycles. The average Bonchev–Trinajstić information content (AvgIpc) is 3.41. The smallest absolute Gasteiger partial charge is 0.221 e. The lowest BCUT2D eigenvalue weighted by Gasteiger charge is -2.61. The van der Waals surface area contributed by atoms with Gasteiger partial charge in [-0.1, -0.05) is 49.7 Å². The molecule has 0 unspecified atom stereocenters. The van der Waals surface area contributed by atoms with Crippen LogP contribution in [-0.4, -0.2) is 38.6 Å². The van der Waals surface area contributed by atoms with Gasteiger partial charge in [-0.25, -0.2) is 9.67 Å². The molecular weight excluding hydrogens is 560 g/mol. The third-order valence-corrected chi connectivity index (χ3v) is 9.05. The summed E-state index contributed by atoms with van der Waals surface area (Å²) in [6.45, 7) is 7.12. The van der Waals surface area contributed by atoms with Gasteiger partial charge in [0.2, 0.25) is 5.88 Å². The molecule has 0 aliphatic heterocycles. The molecule has 3 aromatic heterocycles. The molecule has 10 heteroatoms. The number of halogens is 1. The van der Waals surface area contributed by atoms with Gasteiger partial charge >= 0.3 is 0 Å². The number of benzene rings is 2. The SMILES string of the molecule is COc1nccc2c([C@H](Nc3cc(Cl)c4ncc(C#N)c(NCC(C)(C)C)c4c3)c3cn(C45CC(C4)C5)nn3)cccc12. The van der Waals surface area contributed by atoms with Crippen molar-refractivity contribution in [2.75, 3.05) is 24.3 Å². The highest BCUT2D eigenvalue weighted by atomic mass is 35.5. The minimum Gasteiger partial charge on any atom is -0.481 e. The molecule has 3 aliphatic rings. The summed E-state index contributed by atoms with van der Waals surface area (Å²) in [5.41, 5.74) is 4.53. The number of hydrogen-bond donors (Lipinski definition) is 2. The molecule has 2 bridgehead atoms. The second-order valence-electron chi connectivity index (χ2n) is 13.1. The van der Waals surface area contributed by atoms with Crippen LogP contribution in [0.15, 0.2) is 55.0 Å². The molecule has 3 saturated carbocycles. The molecule has 3 fully saturated rings. The van der Waals surface area contributed by atoms with Gasteiger partial charge in [-0.05, 0) is 65.8 Å². The average molecular weight is 593 g/mol. The zero-order valence-electron chi connectivity index (χ0n) is 24.6. The predicted molar refractivity (Wildman–Crippen MR) is 169 cm³/mol. The van der Waals surface area contributed by atoms with E-state index in [1.54, 1.807) is 19.5 Å². The Morgan fingerprint density at radius 2 is 1.95 bits per heavy atom. The first-order chi connectivity index (χ1) is 20.7. The molecule has 43 heavy (non-hydrogen) atoms. The van der Waals surface area contributed by atoms with Crippen LogP contribution in [0.2, 0.25) is 5.02 Å². The van der Waals surface area contributed by atoms with Crippen LogP contribution in [0.25, 0.3) is 21.7 Å². The van der Waals surface area contributed by atoms with Crippen molar-refractivity contribution in [2.24, 2.45) is 11.3 Å². The zero-order chi connectivity index (χ0) is 29.9. The van der Waals surface area contributed by atoms with E-state index in [1.807, 2.05) is 30.3 Å². The van der Waals surface area contributed by atoms with Crippen molar-refractivity contribution in [3.63, 3.8) is 0 Å². The summed E-state index contributed by atoms with van der Waals surface area (Å²) >= 11 is 6.86. The topological polar surface area (TPSA) is 114 Å². The maximum absolute atomic E-state index is 9.92. The Bertz CT molecular complexity index is 1900. The first kappa shape index (κ1) is 27.4. The van der Waals surface area contributed by atoms with Crippen LogP contribution in [0, 0.1) is 22.7 Å². The van der Waals surface area contributed by atoms with Crippen LogP contribution < -0.4 is 15.4 Å². The maximum atomic E-state index is 9.92. The van der Waals surface area contributed by atoms with E-state index in [2.05, 4.69) is 69.6 Å². The van der Waals surface area contributed by atoms with E-state index >= 15 is 0 Å². The highest BCUT2D eigenvalue weighted by Crippen LogP contribution is 2.62. The van der Waals surface area contributed by atoms with Gasteiger partial charge in [0.25, 0.3) is 0 Å². The number of ether oxygens (including phenoxy) is 1. The van der Waals surface area contributed by atoms with Crippen molar-refractivity contribution in [3.8, 4) is 11.9 Å². The van der Waals surface area contributed by atoms with Gasteiger partial charge in [-0.2, -0.15) is 5.26 Å². The number of aromatic nitrogens is 5. The van der Waals surface area contributed by atoms with Crippen LogP contribution >= 0.6 is 11.6 Å². The molecule has 1 atom stereocenters. The number of hydrogen-bond acceptors (Lipinski definition) is 8. The molecule has 3 heterocycles. The minimum absolute atomic E-state index is 0.00354. The van der Waals surface area contributed by atoms with Crippen molar-refractivity contribution >= 4 is 44.7 Å². The van der Waals surface area contributed by atoms with Gasteiger partial charge in [-0.15, -0.1) is 5.10 Å². The largest absolute Gasteiger partial charge is 0.481 e. The van der Waals surface area contributed by atoms with Crippen LogP contribution in [0.3, 0.4) is 0 Å². The van der Waals surface area contributed by atoms with Crippen LogP contribution in [0.5, 0.6) is 5.88 Å². The predicted octanol–water partition coefficient (Wildman–Crippen LogP) is 7.08. The summed E-state index contributed by atoms with van der Waals surface area (Å²) in [5.74, 6) is 1.39. The van der Waals surface area contributed by atoms with Gasteiger partial charge in [-0.3, -0.25) is 4.98 Å². The first-order valence-corrected chi connectivity index (χ1v) is 14.9. The molecule has 0 amide bonds. The van der Waals surface area contributed by atoms with E-state index in [0.29, 0.717) is 28.5 Å². The van der Waals surface area contributed by atoms with Gasteiger partial charge in [0.05, 0.1) is 46.7 Å². The molecule has 8 rings (SSSR count). The monoisotopic (exact) mass is 592 g/mol. The fourth-order valence-corrected chi connectivity index (χ4v) is 6.69. The standard InChI is InChI=1S/C33H33ClN8O/c1-32(2,3)18-38-28-20(15-35)16-37-29-25(28)10-21(11-26(29)34)39-30(27-17-42(41-40-27)33-12-19(13-33)14-33)23-6-5-7-24-22(23)8-9-36-31(24)43-4/h5-11,16-17,19,30,39H,12-14,18H2,1-4H3,(H,37,38)/t19?,30-,33?/m0/s1. The molecule has 0 radical (unpaired) electrons. The summed E-state index contributed by atoms with van der Waals surface area (Å²) in [6.07, 6.45) is 8.93. The van der Waals surface area contributed by atoms with Crippen LogP contribution in [0.4, 0.5) is 11.4 Å². The lowest BCUT2D eigenvalue weighted by atomic mass is 9.50. The van der Waals surface area contributed by atoms with Gasteiger partial charge in [0.15, 0.2) is 0 Å². The Labute approximate surface area is 255 Å². The number of rotatable bonds is 8. The summed E-state index contributed by atoms with van der Waals surface area (Å²) < 4.78 is 7.65. The summed E-state index contributed by atoms with van der Waals surface area (Å²) in [6, 6.07) is 13.9. The minimum atomic E-state index is -0.358. The second-order valence-corrected chi connectivity index (χ2v) is 13.5. The van der Waals surface area contributed by atoms with Crippen molar-refractivity contribution in [1.82, 2.24) is 25.0 Å². The summed E-state index contributed by atoms with van der Waals surface area (Å²) in [4.78, 5) is 8.95. The molecule has 0 spiro atoms. The quantitative estimate of drug-likeness (QED) is 0.196. The van der Waals surface area contributed by atoms with Crippen molar-refractivity contribution in [1.29, 1.82) is 5.26 Å². The Morgan fingerprint density at radius 1 is 1.14 bits per heavy atom. The number of anilines is 2. The first-order valence-electron chi connectivity index (χ1n) is 14.6. The Morgan fingerprint density at radius 3 is 2.65 bits per heavy atom. The Hall–Kier alpha value is -4.42. The molecular formula is C33H33ClN8O. The van der Waals surface area contributed by atoms with E-state index in [9.17, 15) is 5.26 Å². The fraction of sp³-hybridized carbons (Fsp3) is 0.364. The van der Waals surface area contributed by atoms with E-state index < -0.39 is 0 Å². The van der Waals surface area contributed by atoms with Gasteiger partial charge in [0.1, 0.15) is 11.8 Å². The summed E-state index contributed by atoms with van der Waals surface area (Å²) in [7, 11) is 1.63. The number of pyridine rings is 2. The number of nitrogens with zero attached hydrogens (tertiary/aromatic N) is 6. The van der Waals surface area contributed by atoms with Gasteiger partial charge in [0, 0.05) is 35.4 Å². The molecule has 0 saturated heterocycles. The van der Waals surface area contributed by atoms with Gasteiger partial charge < -0.3 is 15.4 Å². The zero-order valence-corrected chi connectivity index (χ0v) is 25.4. The number of fused-ring (bicyclic) bond motifs is 2. The third-order valence-electron chi connectivity index (χ3n) is 8.76. The lowest BCUT2D eigenvalue weighted by Crippen LogP contribution is -2.59. The van der Waals surface area contributed by atoms with Crippen molar-refractivity contribution in [3.05, 3.63) is 76.8 Å². The highest BCUT2D eigenvalue weighted by Gasteiger charge is 2.59. The Balaban J connectivity index is 1.36. The number of nitrogens with one attached hydrogen (secondary N) is 2. The molecule has 2 N–H and O–H groups in total. The van der Waals surface area contributed by atoms with E-state index in [-0.39, 0.29) is 17.0 Å². The number of methoxy groups -OCH3 is 1. The fourth-order valence-electron chi connectivity index (χ4n) is 6.42. The molecule has 218 valence electrons. The maximum Gasteiger partial charge on any atom is 0.221 e. The summed E-state index contributed by atoms with van der Waals surface area (Å²) in [5, 5.41) is 29.6. The molecule has 9 nitrogen and oxygen atoms in total. The lowest BCUT2D eigenvalue weighted by molar-refractivity contribution is -0.0989. The van der Waals surface area contributed by atoms with E-state index in [0.717, 1.165) is 44.7 Å². The van der Waals surface area contributed by atoms with Crippen molar-refractivity contribution < 1.29 is 4.74 Å². The van der Waals surface area contributed by atoms with Crippen molar-refractivity contribution in [2.45, 2.75) is 51.6 Å². The van der Waals surface area contributed by atoms with Crippen LogP contribution in [0.1, 0.15) is 62.9 Å². The normalized spacial score (nSPS) is 19.8. The number of nitriles is 1. The Kier molecular flexibility index (Phi) is 6.44. The van der Waals surface area contributed by atoms with Crippen LogP contribution in [-0.2, 0) is 5.54 Å². The second kappa shape index (κ2) is 10.1. The highest BCUT2D eigenvalue weighted by molar-refractivity contribution is 6.35. The molecule has 3 aliphatic carbocycles. The van der Waals surface area contributed by atoms with E-state index in [1.165, 1.54) is 19.3 Å². The third kappa shape index (κ3) is 4.70. The molecule has 5 aromatic rings.